The summed E-state index contributed by atoms with van der Waals surface area (Å²) in [6.45, 7) is 5.94. The Hall–Kier alpha value is -2.91. The molecule has 0 fully saturated rings. The molecule has 0 aromatic carbocycles. The number of methoxy groups -OCH3 is 1. The Bertz CT molecular complexity index is 1040. The van der Waals surface area contributed by atoms with Crippen LogP contribution < -0.4 is 16.3 Å². The molecule has 3 rings (SSSR count). The van der Waals surface area contributed by atoms with E-state index in [2.05, 4.69) is 10.1 Å². The maximum Gasteiger partial charge on any atom is 0.332 e. The molecular formula is C17H24N6O4. The molecule has 27 heavy (non-hydrogen) atoms. The van der Waals surface area contributed by atoms with Crippen molar-refractivity contribution in [3.8, 4) is 0 Å². The molecule has 2 aromatic heterocycles. The summed E-state index contributed by atoms with van der Waals surface area (Å²) in [5.41, 5.74) is 0.555. The average molecular weight is 376 g/mol. The van der Waals surface area contributed by atoms with Gasteiger partial charge < -0.3 is 4.74 Å². The molecule has 1 aliphatic rings. The molecule has 1 aliphatic heterocycles. The standard InChI is InChI=1S/C17H24N6O4/c1-6-7-8-21-15(25)13-14(20(4)17(21)26)18-16-22(9-12(24)27-5)19-10(2)11(3)23(13)16/h11H,6-9H2,1-5H3/t11-/m0/s1. The van der Waals surface area contributed by atoms with Gasteiger partial charge in [0.1, 0.15) is 6.54 Å². The van der Waals surface area contributed by atoms with Crippen molar-refractivity contribution in [1.82, 2.24) is 18.7 Å². The van der Waals surface area contributed by atoms with Gasteiger partial charge in [-0.2, -0.15) is 10.1 Å². The highest BCUT2D eigenvalue weighted by atomic mass is 16.5. The van der Waals surface area contributed by atoms with E-state index in [0.29, 0.717) is 18.0 Å². The quantitative estimate of drug-likeness (QED) is 0.709. The number of imidazole rings is 1. The lowest BCUT2D eigenvalue weighted by Gasteiger charge is -2.28. The van der Waals surface area contributed by atoms with Gasteiger partial charge in [0.15, 0.2) is 11.2 Å². The lowest BCUT2D eigenvalue weighted by molar-refractivity contribution is -0.139. The molecule has 0 aliphatic carbocycles. The highest BCUT2D eigenvalue weighted by molar-refractivity contribution is 5.92. The summed E-state index contributed by atoms with van der Waals surface area (Å²) in [5, 5.41) is 5.82. The molecule has 3 heterocycles. The predicted octanol–water partition coefficient (Wildman–Crippen LogP) is 0.627. The van der Waals surface area contributed by atoms with Gasteiger partial charge in [0, 0.05) is 13.6 Å². The highest BCUT2D eigenvalue weighted by Crippen LogP contribution is 2.29. The summed E-state index contributed by atoms with van der Waals surface area (Å²) in [4.78, 5) is 42.0. The van der Waals surface area contributed by atoms with Crippen molar-refractivity contribution >= 4 is 28.8 Å². The summed E-state index contributed by atoms with van der Waals surface area (Å²) >= 11 is 0. The normalized spacial score (nSPS) is 16.4. The molecule has 10 nitrogen and oxygen atoms in total. The minimum atomic E-state index is -0.478. The molecule has 0 unspecified atom stereocenters. The maximum atomic E-state index is 13.1. The van der Waals surface area contributed by atoms with Gasteiger partial charge >= 0.3 is 11.7 Å². The van der Waals surface area contributed by atoms with E-state index < -0.39 is 11.7 Å². The molecule has 146 valence electrons. The number of carbonyl (C=O) groups excluding carboxylic acids is 1. The predicted molar refractivity (Wildman–Crippen MR) is 101 cm³/mol. The molecule has 2 aromatic rings. The van der Waals surface area contributed by atoms with Crippen LogP contribution in [0.3, 0.4) is 0 Å². The molecule has 0 saturated heterocycles. The Kier molecular flexibility index (Phi) is 4.90. The van der Waals surface area contributed by atoms with E-state index in [1.165, 1.54) is 21.3 Å². The third-order valence-electron chi connectivity index (χ3n) is 4.90. The van der Waals surface area contributed by atoms with Crippen molar-refractivity contribution in [3.63, 3.8) is 0 Å². The number of hydrogen-bond acceptors (Lipinski definition) is 7. The van der Waals surface area contributed by atoms with Crippen molar-refractivity contribution in [2.45, 2.75) is 46.2 Å². The molecule has 0 amide bonds. The third-order valence-corrected chi connectivity index (χ3v) is 4.90. The molecule has 0 saturated carbocycles. The van der Waals surface area contributed by atoms with E-state index in [9.17, 15) is 14.4 Å². The van der Waals surface area contributed by atoms with Crippen LogP contribution in [0.1, 0.15) is 39.7 Å². The van der Waals surface area contributed by atoms with Crippen LogP contribution in [0, 0.1) is 0 Å². The first-order valence-corrected chi connectivity index (χ1v) is 8.93. The van der Waals surface area contributed by atoms with Crippen LogP contribution in [0.15, 0.2) is 14.7 Å². The Labute approximate surface area is 155 Å². The number of hydrazone groups is 1. The van der Waals surface area contributed by atoms with Crippen LogP contribution in [0.4, 0.5) is 5.95 Å². The van der Waals surface area contributed by atoms with Gasteiger partial charge in [-0.1, -0.05) is 13.3 Å². The Morgan fingerprint density at radius 1 is 1.30 bits per heavy atom. The molecule has 0 spiro atoms. The maximum absolute atomic E-state index is 13.1. The number of nitrogens with zero attached hydrogens (tertiary/aromatic N) is 6. The molecular weight excluding hydrogens is 352 g/mol. The Balaban J connectivity index is 2.30. The lowest BCUT2D eigenvalue weighted by Crippen LogP contribution is -2.40. The minimum Gasteiger partial charge on any atom is -0.468 e. The summed E-state index contributed by atoms with van der Waals surface area (Å²) in [6.07, 6.45) is 1.60. The number of ether oxygens (including phenoxy) is 1. The third kappa shape index (κ3) is 2.94. The Morgan fingerprint density at radius 2 is 2.00 bits per heavy atom. The number of rotatable bonds is 5. The number of unbranched alkanes of at least 4 members (excludes halogenated alkanes) is 1. The number of aryl methyl sites for hydroxylation is 1. The lowest BCUT2D eigenvalue weighted by atomic mass is 10.2. The molecule has 0 radical (unpaired) electrons. The second-order valence-electron chi connectivity index (χ2n) is 6.66. The van der Waals surface area contributed by atoms with Crippen molar-refractivity contribution in [2.24, 2.45) is 12.1 Å². The second-order valence-corrected chi connectivity index (χ2v) is 6.66. The fraction of sp³-hybridized carbons (Fsp3) is 0.588. The zero-order valence-corrected chi connectivity index (χ0v) is 16.2. The zero-order chi connectivity index (χ0) is 19.9. The van der Waals surface area contributed by atoms with E-state index >= 15 is 0 Å². The molecule has 0 bridgehead atoms. The van der Waals surface area contributed by atoms with Crippen LogP contribution in [0.5, 0.6) is 0 Å². The second kappa shape index (κ2) is 7.01. The summed E-state index contributed by atoms with van der Waals surface area (Å²) in [6, 6.07) is -0.233. The van der Waals surface area contributed by atoms with E-state index in [4.69, 9.17) is 4.74 Å². The summed E-state index contributed by atoms with van der Waals surface area (Å²) < 4.78 is 9.09. The van der Waals surface area contributed by atoms with E-state index in [0.717, 1.165) is 18.6 Å². The van der Waals surface area contributed by atoms with Crippen molar-refractivity contribution in [2.75, 3.05) is 18.7 Å². The SMILES string of the molecule is CCCCn1c(=O)c2c(nc3n2[C@@H](C)C(C)=NN3CC(=O)OC)n(C)c1=O. The highest BCUT2D eigenvalue weighted by Gasteiger charge is 2.31. The van der Waals surface area contributed by atoms with Gasteiger partial charge in [-0.05, 0) is 20.3 Å². The number of aromatic nitrogens is 4. The van der Waals surface area contributed by atoms with Crippen LogP contribution in [-0.2, 0) is 23.1 Å². The smallest absolute Gasteiger partial charge is 0.332 e. The van der Waals surface area contributed by atoms with Gasteiger partial charge in [-0.3, -0.25) is 23.3 Å². The van der Waals surface area contributed by atoms with E-state index in [1.54, 1.807) is 11.6 Å². The van der Waals surface area contributed by atoms with Crippen molar-refractivity contribution in [3.05, 3.63) is 20.8 Å². The zero-order valence-electron chi connectivity index (χ0n) is 16.2. The summed E-state index contributed by atoms with van der Waals surface area (Å²) in [7, 11) is 2.89. The van der Waals surface area contributed by atoms with Crippen LogP contribution in [-0.4, -0.2) is 44.0 Å². The fourth-order valence-corrected chi connectivity index (χ4v) is 3.19. The van der Waals surface area contributed by atoms with Crippen LogP contribution in [0.25, 0.3) is 11.2 Å². The average Bonchev–Trinajstić information content (AvgIpc) is 3.05. The molecule has 1 atom stereocenters. The molecule has 0 N–H and O–H groups in total. The Morgan fingerprint density at radius 3 is 2.63 bits per heavy atom. The van der Waals surface area contributed by atoms with Gasteiger partial charge in [0.25, 0.3) is 5.56 Å². The number of hydrogen-bond donors (Lipinski definition) is 0. The number of anilines is 1. The summed E-state index contributed by atoms with van der Waals surface area (Å²) in [5.74, 6) is -0.136. The van der Waals surface area contributed by atoms with Crippen molar-refractivity contribution in [1.29, 1.82) is 0 Å². The monoisotopic (exact) mass is 376 g/mol. The number of carbonyl (C=O) groups is 1. The van der Waals surface area contributed by atoms with Crippen LogP contribution >= 0.6 is 0 Å². The first-order chi connectivity index (χ1) is 12.8. The molecule has 10 heteroatoms. The first-order valence-electron chi connectivity index (χ1n) is 8.93. The van der Waals surface area contributed by atoms with E-state index in [1.807, 2.05) is 20.8 Å². The minimum absolute atomic E-state index is 0.137. The van der Waals surface area contributed by atoms with Gasteiger partial charge in [-0.15, -0.1) is 0 Å². The topological polar surface area (TPSA) is 104 Å². The fourth-order valence-electron chi connectivity index (χ4n) is 3.19. The number of esters is 1. The largest absolute Gasteiger partial charge is 0.468 e. The van der Waals surface area contributed by atoms with Gasteiger partial charge in [0.2, 0.25) is 5.95 Å². The van der Waals surface area contributed by atoms with Crippen molar-refractivity contribution < 1.29 is 9.53 Å². The number of fused-ring (bicyclic) bond motifs is 3. The van der Waals surface area contributed by atoms with Crippen LogP contribution in [0.2, 0.25) is 0 Å². The van der Waals surface area contributed by atoms with Gasteiger partial charge in [0.05, 0.1) is 18.9 Å². The van der Waals surface area contributed by atoms with Gasteiger partial charge in [-0.25, -0.2) is 9.80 Å². The van der Waals surface area contributed by atoms with E-state index in [-0.39, 0.29) is 23.8 Å². The first kappa shape index (κ1) is 18.9.